The van der Waals surface area contributed by atoms with Crippen LogP contribution in [-0.2, 0) is 0 Å². The monoisotopic (exact) mass is 284 g/mol. The first-order valence-electron chi connectivity index (χ1n) is 7.46. The molecule has 0 amide bonds. The number of phenols is 1. The van der Waals surface area contributed by atoms with E-state index >= 15 is 0 Å². The first kappa shape index (κ1) is 15.4. The van der Waals surface area contributed by atoms with Crippen molar-refractivity contribution in [3.05, 3.63) is 48.5 Å². The molecule has 112 valence electrons. The van der Waals surface area contributed by atoms with Crippen LogP contribution in [0.5, 0.6) is 11.5 Å². The molecule has 2 aromatic rings. The van der Waals surface area contributed by atoms with Crippen molar-refractivity contribution in [3.8, 4) is 22.6 Å². The van der Waals surface area contributed by atoms with Gasteiger partial charge in [-0.3, -0.25) is 0 Å². The van der Waals surface area contributed by atoms with Gasteiger partial charge in [-0.25, -0.2) is 0 Å². The zero-order valence-electron chi connectivity index (χ0n) is 13.1. The van der Waals surface area contributed by atoms with E-state index in [1.54, 1.807) is 12.1 Å². The van der Waals surface area contributed by atoms with E-state index in [0.717, 1.165) is 29.9 Å². The molecule has 0 saturated carbocycles. The summed E-state index contributed by atoms with van der Waals surface area (Å²) in [5.74, 6) is 1.20. The summed E-state index contributed by atoms with van der Waals surface area (Å²) in [5, 5.41) is 9.31. The van der Waals surface area contributed by atoms with Crippen molar-refractivity contribution in [3.63, 3.8) is 0 Å². The molecule has 0 saturated heterocycles. The summed E-state index contributed by atoms with van der Waals surface area (Å²) in [4.78, 5) is 0. The lowest BCUT2D eigenvalue weighted by atomic mass is 9.91. The van der Waals surface area contributed by atoms with Crippen LogP contribution in [0.1, 0.15) is 33.6 Å². The fourth-order valence-electron chi connectivity index (χ4n) is 2.19. The number of rotatable bonds is 5. The number of benzene rings is 2. The van der Waals surface area contributed by atoms with Crippen molar-refractivity contribution >= 4 is 0 Å². The van der Waals surface area contributed by atoms with Crippen molar-refractivity contribution < 1.29 is 9.84 Å². The topological polar surface area (TPSA) is 29.5 Å². The van der Waals surface area contributed by atoms with Gasteiger partial charge in [0.2, 0.25) is 0 Å². The first-order chi connectivity index (χ1) is 9.94. The third-order valence-corrected chi connectivity index (χ3v) is 3.39. The molecule has 0 spiro atoms. The summed E-state index contributed by atoms with van der Waals surface area (Å²) in [5.41, 5.74) is 2.58. The predicted octanol–water partition coefficient (Wildman–Crippen LogP) is 5.26. The van der Waals surface area contributed by atoms with Gasteiger partial charge in [-0.2, -0.15) is 0 Å². The molecule has 0 heterocycles. The van der Waals surface area contributed by atoms with E-state index in [1.165, 1.54) is 6.42 Å². The average Bonchev–Trinajstić information content (AvgIpc) is 2.44. The summed E-state index contributed by atoms with van der Waals surface area (Å²) in [6.45, 7) is 7.51. The Kier molecular flexibility index (Phi) is 4.89. The number of hydrogen-bond acceptors (Lipinski definition) is 2. The van der Waals surface area contributed by atoms with Gasteiger partial charge in [0, 0.05) is 0 Å². The maximum Gasteiger partial charge on any atom is 0.119 e. The van der Waals surface area contributed by atoms with E-state index in [2.05, 4.69) is 20.8 Å². The third-order valence-electron chi connectivity index (χ3n) is 3.39. The van der Waals surface area contributed by atoms with Crippen molar-refractivity contribution in [1.82, 2.24) is 0 Å². The Morgan fingerprint density at radius 1 is 0.857 bits per heavy atom. The van der Waals surface area contributed by atoms with Crippen LogP contribution in [0.2, 0.25) is 0 Å². The molecule has 0 atom stereocenters. The Morgan fingerprint density at radius 2 is 1.38 bits per heavy atom. The highest BCUT2D eigenvalue weighted by atomic mass is 16.5. The van der Waals surface area contributed by atoms with Crippen LogP contribution in [0.25, 0.3) is 11.1 Å². The lowest BCUT2D eigenvalue weighted by molar-refractivity contribution is 0.269. The van der Waals surface area contributed by atoms with E-state index in [9.17, 15) is 5.11 Å². The van der Waals surface area contributed by atoms with Crippen molar-refractivity contribution in [2.75, 3.05) is 6.61 Å². The van der Waals surface area contributed by atoms with Gasteiger partial charge >= 0.3 is 0 Å². The van der Waals surface area contributed by atoms with Crippen LogP contribution in [0.3, 0.4) is 0 Å². The van der Waals surface area contributed by atoms with Crippen molar-refractivity contribution in [1.29, 1.82) is 0 Å². The Hall–Kier alpha value is -1.96. The van der Waals surface area contributed by atoms with Gasteiger partial charge in [-0.05, 0) is 53.6 Å². The average molecular weight is 284 g/mol. The Bertz CT molecular complexity index is 548. The molecular formula is C19H24O2. The van der Waals surface area contributed by atoms with Gasteiger partial charge in [0.1, 0.15) is 11.5 Å². The van der Waals surface area contributed by atoms with Crippen LogP contribution in [0.15, 0.2) is 48.5 Å². The van der Waals surface area contributed by atoms with Crippen LogP contribution in [0, 0.1) is 5.41 Å². The standard InChI is InChI=1S/C19H24O2/c1-19(2,3)13-4-14-21-18-11-7-16(8-12-18)15-5-9-17(20)10-6-15/h5-12,20H,4,13-14H2,1-3H3. The van der Waals surface area contributed by atoms with E-state index < -0.39 is 0 Å². The van der Waals surface area contributed by atoms with Gasteiger partial charge in [0.15, 0.2) is 0 Å². The molecular weight excluding hydrogens is 260 g/mol. The third kappa shape index (κ3) is 5.14. The minimum absolute atomic E-state index is 0.289. The summed E-state index contributed by atoms with van der Waals surface area (Å²) in [7, 11) is 0. The minimum Gasteiger partial charge on any atom is -0.508 e. The molecule has 2 rings (SSSR count). The quantitative estimate of drug-likeness (QED) is 0.758. The summed E-state index contributed by atoms with van der Waals surface area (Å²) < 4.78 is 5.77. The maximum atomic E-state index is 9.31. The Balaban J connectivity index is 1.89. The van der Waals surface area contributed by atoms with Crippen LogP contribution < -0.4 is 4.74 Å². The summed E-state index contributed by atoms with van der Waals surface area (Å²) in [6.07, 6.45) is 2.24. The molecule has 2 aromatic carbocycles. The molecule has 0 bridgehead atoms. The Labute approximate surface area is 127 Å². The van der Waals surface area contributed by atoms with Crippen molar-refractivity contribution in [2.45, 2.75) is 33.6 Å². The highest BCUT2D eigenvalue weighted by Gasteiger charge is 2.09. The molecule has 1 N–H and O–H groups in total. The van der Waals surface area contributed by atoms with E-state index in [-0.39, 0.29) is 5.75 Å². The van der Waals surface area contributed by atoms with Crippen molar-refractivity contribution in [2.24, 2.45) is 5.41 Å². The van der Waals surface area contributed by atoms with Gasteiger partial charge < -0.3 is 9.84 Å². The smallest absolute Gasteiger partial charge is 0.119 e. The normalized spacial score (nSPS) is 11.4. The molecule has 0 aromatic heterocycles. The van der Waals surface area contributed by atoms with Crippen LogP contribution in [0.4, 0.5) is 0 Å². The van der Waals surface area contributed by atoms with Gasteiger partial charge in [0.05, 0.1) is 6.61 Å². The van der Waals surface area contributed by atoms with Crippen LogP contribution >= 0.6 is 0 Å². The zero-order valence-corrected chi connectivity index (χ0v) is 13.1. The predicted molar refractivity (Wildman–Crippen MR) is 87.7 cm³/mol. The molecule has 2 heteroatoms. The number of aromatic hydroxyl groups is 1. The van der Waals surface area contributed by atoms with Gasteiger partial charge in [0.25, 0.3) is 0 Å². The first-order valence-corrected chi connectivity index (χ1v) is 7.46. The van der Waals surface area contributed by atoms with E-state index in [1.807, 2.05) is 36.4 Å². The lowest BCUT2D eigenvalue weighted by Gasteiger charge is -2.17. The molecule has 2 nitrogen and oxygen atoms in total. The lowest BCUT2D eigenvalue weighted by Crippen LogP contribution is -2.07. The van der Waals surface area contributed by atoms with Gasteiger partial charge in [-0.15, -0.1) is 0 Å². The molecule has 0 aliphatic heterocycles. The Morgan fingerprint density at radius 3 is 1.90 bits per heavy atom. The van der Waals surface area contributed by atoms with E-state index in [4.69, 9.17) is 4.74 Å². The highest BCUT2D eigenvalue weighted by Crippen LogP contribution is 2.25. The number of phenolic OH excluding ortho intramolecular Hbond substituents is 1. The second kappa shape index (κ2) is 6.66. The van der Waals surface area contributed by atoms with Gasteiger partial charge in [-0.1, -0.05) is 45.0 Å². The minimum atomic E-state index is 0.289. The molecule has 0 radical (unpaired) electrons. The second-order valence-electron chi connectivity index (χ2n) is 6.58. The molecule has 0 aliphatic rings. The number of ether oxygens (including phenoxy) is 1. The number of hydrogen-bond donors (Lipinski definition) is 1. The second-order valence-corrected chi connectivity index (χ2v) is 6.58. The molecule has 0 unspecified atom stereocenters. The summed E-state index contributed by atoms with van der Waals surface area (Å²) in [6, 6.07) is 15.3. The zero-order chi connectivity index (χ0) is 15.3. The SMILES string of the molecule is CC(C)(C)CCCOc1ccc(-c2ccc(O)cc2)cc1. The van der Waals surface area contributed by atoms with E-state index in [0.29, 0.717) is 5.41 Å². The summed E-state index contributed by atoms with van der Waals surface area (Å²) >= 11 is 0. The fourth-order valence-corrected chi connectivity index (χ4v) is 2.19. The fraction of sp³-hybridized carbons (Fsp3) is 0.368. The highest BCUT2D eigenvalue weighted by molar-refractivity contribution is 5.64. The molecule has 21 heavy (non-hydrogen) atoms. The molecule has 0 fully saturated rings. The maximum absolute atomic E-state index is 9.31. The van der Waals surface area contributed by atoms with Crippen LogP contribution in [-0.4, -0.2) is 11.7 Å². The molecule has 0 aliphatic carbocycles. The largest absolute Gasteiger partial charge is 0.508 e.